The fourth-order valence-electron chi connectivity index (χ4n) is 2.31. The van der Waals surface area contributed by atoms with Crippen molar-refractivity contribution >= 4 is 5.96 Å². The third-order valence-electron chi connectivity index (χ3n) is 3.73. The molecule has 1 heterocycles. The number of hydrogen-bond donors (Lipinski definition) is 2. The summed E-state index contributed by atoms with van der Waals surface area (Å²) in [6.45, 7) is 10.7. The van der Waals surface area contributed by atoms with Crippen molar-refractivity contribution in [1.29, 1.82) is 0 Å². The van der Waals surface area contributed by atoms with Gasteiger partial charge >= 0.3 is 0 Å². The first-order valence-electron chi connectivity index (χ1n) is 8.44. The summed E-state index contributed by atoms with van der Waals surface area (Å²) < 4.78 is 1.95. The molecule has 0 aliphatic carbocycles. The maximum Gasteiger partial charge on any atom is 0.190 e. The molecule has 2 N–H and O–H groups in total. The lowest BCUT2D eigenvalue weighted by Crippen LogP contribution is -2.38. The number of aromatic nitrogens is 2. The Labute approximate surface area is 135 Å². The van der Waals surface area contributed by atoms with E-state index in [1.807, 2.05) is 30.2 Å². The van der Waals surface area contributed by atoms with E-state index in [0.717, 1.165) is 45.1 Å². The summed E-state index contributed by atoms with van der Waals surface area (Å²) in [7, 11) is 1.82. The fourth-order valence-corrected chi connectivity index (χ4v) is 2.31. The Balaban J connectivity index is 2.02. The van der Waals surface area contributed by atoms with Crippen molar-refractivity contribution in [2.45, 2.75) is 39.7 Å². The molecule has 0 saturated carbocycles. The van der Waals surface area contributed by atoms with Crippen LogP contribution in [0.15, 0.2) is 23.5 Å². The van der Waals surface area contributed by atoms with Crippen molar-refractivity contribution in [1.82, 2.24) is 25.3 Å². The molecule has 0 unspecified atom stereocenters. The molecule has 0 amide bonds. The third-order valence-corrected chi connectivity index (χ3v) is 3.73. The van der Waals surface area contributed by atoms with Crippen LogP contribution in [0.4, 0.5) is 0 Å². The Morgan fingerprint density at radius 3 is 2.45 bits per heavy atom. The Hall–Kier alpha value is -1.56. The van der Waals surface area contributed by atoms with Gasteiger partial charge in [0, 0.05) is 39.1 Å². The van der Waals surface area contributed by atoms with E-state index in [9.17, 15) is 0 Å². The number of unbranched alkanes of at least 4 members (excludes halogenated alkanes) is 1. The largest absolute Gasteiger partial charge is 0.356 e. The highest BCUT2D eigenvalue weighted by Crippen LogP contribution is 1.94. The minimum Gasteiger partial charge on any atom is -0.356 e. The van der Waals surface area contributed by atoms with Crippen LogP contribution in [-0.4, -0.2) is 60.4 Å². The smallest absolute Gasteiger partial charge is 0.190 e. The topological polar surface area (TPSA) is 57.5 Å². The molecule has 0 aromatic carbocycles. The number of aliphatic imine (C=N–C) groups is 1. The van der Waals surface area contributed by atoms with Crippen LogP contribution in [0.1, 0.15) is 33.1 Å². The van der Waals surface area contributed by atoms with Crippen molar-refractivity contribution in [3.8, 4) is 0 Å². The van der Waals surface area contributed by atoms with E-state index >= 15 is 0 Å². The molecule has 0 saturated heterocycles. The molecule has 22 heavy (non-hydrogen) atoms. The van der Waals surface area contributed by atoms with Crippen LogP contribution in [0.3, 0.4) is 0 Å². The number of hydrogen-bond acceptors (Lipinski definition) is 3. The monoisotopic (exact) mass is 308 g/mol. The van der Waals surface area contributed by atoms with Crippen LogP contribution in [0.5, 0.6) is 0 Å². The van der Waals surface area contributed by atoms with Crippen molar-refractivity contribution in [3.63, 3.8) is 0 Å². The minimum atomic E-state index is 0.892. The van der Waals surface area contributed by atoms with Gasteiger partial charge in [-0.3, -0.25) is 9.67 Å². The molecule has 6 heteroatoms. The van der Waals surface area contributed by atoms with Gasteiger partial charge in [-0.2, -0.15) is 5.10 Å². The molecule has 0 radical (unpaired) electrons. The van der Waals surface area contributed by atoms with Gasteiger partial charge in [0.15, 0.2) is 5.96 Å². The molecule has 1 aromatic heterocycles. The average molecular weight is 308 g/mol. The minimum absolute atomic E-state index is 0.892. The zero-order valence-corrected chi connectivity index (χ0v) is 14.4. The molecular formula is C16H32N6. The van der Waals surface area contributed by atoms with Gasteiger partial charge in [-0.1, -0.05) is 13.8 Å². The first-order chi connectivity index (χ1) is 10.8. The average Bonchev–Trinajstić information content (AvgIpc) is 3.06. The summed E-state index contributed by atoms with van der Waals surface area (Å²) in [5, 5.41) is 10.9. The molecule has 1 aromatic rings. The van der Waals surface area contributed by atoms with E-state index in [1.165, 1.54) is 19.4 Å². The van der Waals surface area contributed by atoms with E-state index < -0.39 is 0 Å². The van der Waals surface area contributed by atoms with Gasteiger partial charge in [0.2, 0.25) is 0 Å². The molecule has 0 aliphatic rings. The summed E-state index contributed by atoms with van der Waals surface area (Å²) in [5.41, 5.74) is 0. The second-order valence-electron chi connectivity index (χ2n) is 5.28. The normalized spacial score (nSPS) is 11.9. The van der Waals surface area contributed by atoms with Crippen molar-refractivity contribution in [3.05, 3.63) is 18.5 Å². The van der Waals surface area contributed by atoms with Gasteiger partial charge in [-0.25, -0.2) is 0 Å². The Bertz CT molecular complexity index is 383. The maximum atomic E-state index is 4.25. The molecule has 1 rings (SSSR count). The lowest BCUT2D eigenvalue weighted by atomic mass is 10.3. The number of rotatable bonds is 11. The van der Waals surface area contributed by atoms with Gasteiger partial charge in [0.05, 0.1) is 0 Å². The van der Waals surface area contributed by atoms with Crippen LogP contribution < -0.4 is 10.6 Å². The van der Waals surface area contributed by atoms with Crippen LogP contribution in [0.25, 0.3) is 0 Å². The van der Waals surface area contributed by atoms with Crippen molar-refractivity contribution < 1.29 is 0 Å². The highest BCUT2D eigenvalue weighted by Gasteiger charge is 2.00. The Morgan fingerprint density at radius 1 is 1.14 bits per heavy atom. The molecule has 0 aliphatic heterocycles. The van der Waals surface area contributed by atoms with Crippen LogP contribution in [0, 0.1) is 0 Å². The first kappa shape index (κ1) is 18.5. The predicted octanol–water partition coefficient (Wildman–Crippen LogP) is 1.56. The molecule has 0 fully saturated rings. The summed E-state index contributed by atoms with van der Waals surface area (Å²) in [5.74, 6) is 0.892. The highest BCUT2D eigenvalue weighted by molar-refractivity contribution is 5.79. The van der Waals surface area contributed by atoms with Crippen LogP contribution in [-0.2, 0) is 6.54 Å². The Morgan fingerprint density at radius 2 is 1.86 bits per heavy atom. The van der Waals surface area contributed by atoms with E-state index in [0.29, 0.717) is 0 Å². The zero-order valence-electron chi connectivity index (χ0n) is 14.4. The maximum absolute atomic E-state index is 4.25. The SMILES string of the molecule is CCN(CC)CCCCNC(=NC)NCCCn1cccn1. The van der Waals surface area contributed by atoms with Crippen LogP contribution in [0.2, 0.25) is 0 Å². The summed E-state index contributed by atoms with van der Waals surface area (Å²) in [6.07, 6.45) is 7.23. The zero-order chi connectivity index (χ0) is 16.0. The van der Waals surface area contributed by atoms with Crippen molar-refractivity contribution in [2.75, 3.05) is 39.8 Å². The van der Waals surface area contributed by atoms with E-state index in [4.69, 9.17) is 0 Å². The quantitative estimate of drug-likeness (QED) is 0.370. The van der Waals surface area contributed by atoms with Gasteiger partial charge in [0.1, 0.15) is 0 Å². The molecule has 0 spiro atoms. The standard InChI is InChI=1S/C16H32N6/c1-4-21(5-2)13-7-6-10-18-16(17-3)19-11-8-14-22-15-9-12-20-22/h9,12,15H,4-8,10-11,13-14H2,1-3H3,(H2,17,18,19). The van der Waals surface area contributed by atoms with E-state index in [-0.39, 0.29) is 0 Å². The van der Waals surface area contributed by atoms with Gasteiger partial charge in [-0.05, 0) is 45.0 Å². The Kier molecular flexibility index (Phi) is 10.1. The van der Waals surface area contributed by atoms with E-state index in [1.54, 1.807) is 0 Å². The van der Waals surface area contributed by atoms with Gasteiger partial charge in [-0.15, -0.1) is 0 Å². The third kappa shape index (κ3) is 8.02. The van der Waals surface area contributed by atoms with Gasteiger partial charge in [0.25, 0.3) is 0 Å². The number of guanidine groups is 1. The predicted molar refractivity (Wildman–Crippen MR) is 93.2 cm³/mol. The molecule has 6 nitrogen and oxygen atoms in total. The highest BCUT2D eigenvalue weighted by atomic mass is 15.3. The lowest BCUT2D eigenvalue weighted by molar-refractivity contribution is 0.297. The van der Waals surface area contributed by atoms with Crippen LogP contribution >= 0.6 is 0 Å². The first-order valence-corrected chi connectivity index (χ1v) is 8.44. The molecular weight excluding hydrogens is 276 g/mol. The number of aryl methyl sites for hydroxylation is 1. The summed E-state index contributed by atoms with van der Waals surface area (Å²) in [4.78, 5) is 6.71. The molecule has 126 valence electrons. The summed E-state index contributed by atoms with van der Waals surface area (Å²) in [6, 6.07) is 1.95. The lowest BCUT2D eigenvalue weighted by Gasteiger charge is -2.18. The van der Waals surface area contributed by atoms with E-state index in [2.05, 4.69) is 39.5 Å². The second kappa shape index (κ2) is 12.0. The number of nitrogens with zero attached hydrogens (tertiary/aromatic N) is 4. The fraction of sp³-hybridized carbons (Fsp3) is 0.750. The van der Waals surface area contributed by atoms with Crippen molar-refractivity contribution in [2.24, 2.45) is 4.99 Å². The summed E-state index contributed by atoms with van der Waals surface area (Å²) >= 11 is 0. The van der Waals surface area contributed by atoms with Gasteiger partial charge < -0.3 is 15.5 Å². The second-order valence-corrected chi connectivity index (χ2v) is 5.28. The molecule has 0 bridgehead atoms. The number of nitrogens with one attached hydrogen (secondary N) is 2. The molecule has 0 atom stereocenters.